The van der Waals surface area contributed by atoms with Crippen molar-refractivity contribution in [3.05, 3.63) is 72.1 Å². The molecule has 1 heterocycles. The average molecular weight is 444 g/mol. The highest BCUT2D eigenvalue weighted by Gasteiger charge is 2.19. The van der Waals surface area contributed by atoms with Gasteiger partial charge in [-0.1, -0.05) is 30.3 Å². The van der Waals surface area contributed by atoms with Crippen molar-refractivity contribution in [3.63, 3.8) is 0 Å². The summed E-state index contributed by atoms with van der Waals surface area (Å²) < 4.78 is 8.87. The SMILES string of the molecule is CCN(CC)c1ccc2c(-c3ccccc3)c3ccc(=[N+](CC)CC)cc-3oc2c1.O=C=O. The van der Waals surface area contributed by atoms with Crippen molar-refractivity contribution in [2.45, 2.75) is 27.7 Å². The molecule has 0 fully saturated rings. The monoisotopic (exact) mass is 443 g/mol. The molecule has 0 atom stereocenters. The summed E-state index contributed by atoms with van der Waals surface area (Å²) in [6.07, 6.45) is 0.250. The lowest BCUT2D eigenvalue weighted by molar-refractivity contribution is -0.191. The first kappa shape index (κ1) is 24.0. The molecule has 2 aromatic rings. The lowest BCUT2D eigenvalue weighted by Crippen LogP contribution is -2.29. The summed E-state index contributed by atoms with van der Waals surface area (Å²) in [4.78, 5) is 18.6. The Labute approximate surface area is 194 Å². The van der Waals surface area contributed by atoms with E-state index < -0.39 is 0 Å². The minimum Gasteiger partial charge on any atom is -0.456 e. The molecule has 5 heteroatoms. The van der Waals surface area contributed by atoms with Crippen LogP contribution in [-0.2, 0) is 9.59 Å². The topological polar surface area (TPSA) is 53.5 Å². The van der Waals surface area contributed by atoms with Crippen LogP contribution in [0.25, 0.3) is 33.4 Å². The maximum atomic E-state index is 8.12. The van der Waals surface area contributed by atoms with Gasteiger partial charge in [-0.25, -0.2) is 4.58 Å². The fourth-order valence-corrected chi connectivity index (χ4v) is 4.35. The minimum atomic E-state index is 0.250. The molecule has 1 aliphatic heterocycles. The fourth-order valence-electron chi connectivity index (χ4n) is 4.35. The van der Waals surface area contributed by atoms with E-state index in [-0.39, 0.29) is 6.15 Å². The molecular weight excluding hydrogens is 412 g/mol. The Morgan fingerprint density at radius 2 is 1.52 bits per heavy atom. The highest BCUT2D eigenvalue weighted by Crippen LogP contribution is 2.40. The van der Waals surface area contributed by atoms with Gasteiger partial charge in [-0.05, 0) is 51.5 Å². The second kappa shape index (κ2) is 11.3. The highest BCUT2D eigenvalue weighted by atomic mass is 16.3. The first-order valence-corrected chi connectivity index (χ1v) is 11.5. The molecule has 4 rings (SSSR count). The van der Waals surface area contributed by atoms with E-state index in [2.05, 4.69) is 104 Å². The molecule has 0 amide bonds. The normalized spacial score (nSPS) is 10.4. The third-order valence-electron chi connectivity index (χ3n) is 6.01. The third kappa shape index (κ3) is 5.05. The van der Waals surface area contributed by atoms with E-state index in [4.69, 9.17) is 14.0 Å². The van der Waals surface area contributed by atoms with Crippen molar-refractivity contribution < 1.29 is 14.0 Å². The van der Waals surface area contributed by atoms with Gasteiger partial charge in [-0.3, -0.25) is 0 Å². The quantitative estimate of drug-likeness (QED) is 0.301. The van der Waals surface area contributed by atoms with Gasteiger partial charge in [-0.2, -0.15) is 9.59 Å². The Bertz CT molecular complexity index is 1280. The fraction of sp³-hybridized carbons (Fsp3) is 0.286. The van der Waals surface area contributed by atoms with Crippen molar-refractivity contribution in [2.24, 2.45) is 0 Å². The van der Waals surface area contributed by atoms with Crippen molar-refractivity contribution >= 4 is 22.8 Å². The summed E-state index contributed by atoms with van der Waals surface area (Å²) in [7, 11) is 0. The summed E-state index contributed by atoms with van der Waals surface area (Å²) in [6.45, 7) is 12.7. The van der Waals surface area contributed by atoms with Crippen LogP contribution in [0, 0.1) is 0 Å². The largest absolute Gasteiger partial charge is 0.456 e. The molecular formula is C28H31N2O3+. The van der Waals surface area contributed by atoms with Crippen LogP contribution in [0.5, 0.6) is 0 Å². The van der Waals surface area contributed by atoms with Gasteiger partial charge in [0.1, 0.15) is 24.4 Å². The summed E-state index contributed by atoms with van der Waals surface area (Å²) in [6, 6.07) is 23.9. The van der Waals surface area contributed by atoms with E-state index in [1.165, 1.54) is 22.2 Å². The molecule has 33 heavy (non-hydrogen) atoms. The van der Waals surface area contributed by atoms with Crippen LogP contribution in [-0.4, -0.2) is 32.3 Å². The number of nitrogens with zero attached hydrogens (tertiary/aromatic N) is 2. The van der Waals surface area contributed by atoms with Crippen molar-refractivity contribution in [1.82, 2.24) is 4.58 Å². The first-order valence-electron chi connectivity index (χ1n) is 11.5. The van der Waals surface area contributed by atoms with Gasteiger partial charge < -0.3 is 9.32 Å². The summed E-state index contributed by atoms with van der Waals surface area (Å²) in [5.74, 6) is 0.933. The molecule has 2 aliphatic rings. The lowest BCUT2D eigenvalue weighted by atomic mass is 9.93. The highest BCUT2D eigenvalue weighted by molar-refractivity contribution is 6.02. The van der Waals surface area contributed by atoms with E-state index in [1.807, 2.05) is 0 Å². The van der Waals surface area contributed by atoms with Crippen LogP contribution in [0.1, 0.15) is 27.7 Å². The second-order valence-electron chi connectivity index (χ2n) is 7.63. The van der Waals surface area contributed by atoms with E-state index in [9.17, 15) is 0 Å². The Morgan fingerprint density at radius 1 is 0.848 bits per heavy atom. The Hall–Kier alpha value is -3.69. The predicted molar refractivity (Wildman–Crippen MR) is 133 cm³/mol. The molecule has 0 unspecified atom stereocenters. The van der Waals surface area contributed by atoms with Gasteiger partial charge in [-0.15, -0.1) is 0 Å². The molecule has 0 saturated carbocycles. The van der Waals surface area contributed by atoms with Crippen molar-refractivity contribution in [3.8, 4) is 22.5 Å². The number of anilines is 1. The molecule has 0 saturated heterocycles. The molecule has 1 aliphatic carbocycles. The lowest BCUT2D eigenvalue weighted by Gasteiger charge is -2.22. The summed E-state index contributed by atoms with van der Waals surface area (Å²) in [5.41, 5.74) is 5.75. The molecule has 5 nitrogen and oxygen atoms in total. The maximum absolute atomic E-state index is 8.12. The van der Waals surface area contributed by atoms with Gasteiger partial charge >= 0.3 is 6.15 Å². The van der Waals surface area contributed by atoms with Gasteiger partial charge in [0.25, 0.3) is 0 Å². The number of carbonyl (C=O) groups excluding carboxylic acids is 2. The molecule has 170 valence electrons. The van der Waals surface area contributed by atoms with Crippen LogP contribution < -0.4 is 14.8 Å². The van der Waals surface area contributed by atoms with Crippen LogP contribution in [0.15, 0.2) is 71.1 Å². The van der Waals surface area contributed by atoms with Gasteiger partial charge in [0, 0.05) is 47.4 Å². The zero-order valence-corrected chi connectivity index (χ0v) is 19.8. The molecule has 0 N–H and O–H groups in total. The number of benzene rings is 3. The molecule has 0 radical (unpaired) electrons. The summed E-state index contributed by atoms with van der Waals surface area (Å²) in [5, 5.41) is 2.36. The maximum Gasteiger partial charge on any atom is 0.373 e. The van der Waals surface area contributed by atoms with Gasteiger partial charge in [0.05, 0.1) is 6.07 Å². The van der Waals surface area contributed by atoms with Crippen LogP contribution >= 0.6 is 0 Å². The van der Waals surface area contributed by atoms with Gasteiger partial charge in [0.2, 0.25) is 5.36 Å². The smallest absolute Gasteiger partial charge is 0.373 e. The Kier molecular flexibility index (Phi) is 8.17. The van der Waals surface area contributed by atoms with Crippen molar-refractivity contribution in [1.29, 1.82) is 0 Å². The van der Waals surface area contributed by atoms with Crippen LogP contribution in [0.3, 0.4) is 0 Å². The Balaban J connectivity index is 0.000000968. The average Bonchev–Trinajstić information content (AvgIpc) is 2.85. The van der Waals surface area contributed by atoms with Crippen LogP contribution in [0.4, 0.5) is 5.69 Å². The number of hydrogen-bond donors (Lipinski definition) is 0. The van der Waals surface area contributed by atoms with Gasteiger partial charge in [0.15, 0.2) is 0 Å². The number of rotatable bonds is 6. The molecule has 0 aromatic heterocycles. The zero-order valence-electron chi connectivity index (χ0n) is 19.8. The van der Waals surface area contributed by atoms with E-state index in [1.54, 1.807) is 0 Å². The second-order valence-corrected chi connectivity index (χ2v) is 7.63. The van der Waals surface area contributed by atoms with Crippen LogP contribution in [0.2, 0.25) is 0 Å². The minimum absolute atomic E-state index is 0.250. The third-order valence-corrected chi connectivity index (χ3v) is 6.01. The number of fused-ring (bicyclic) bond motifs is 2. The molecule has 0 spiro atoms. The van der Waals surface area contributed by atoms with E-state index in [0.29, 0.717) is 0 Å². The van der Waals surface area contributed by atoms with Crippen molar-refractivity contribution in [2.75, 3.05) is 31.1 Å². The first-order chi connectivity index (χ1) is 16.1. The van der Waals surface area contributed by atoms with E-state index in [0.717, 1.165) is 48.5 Å². The van der Waals surface area contributed by atoms with E-state index >= 15 is 0 Å². The molecule has 2 aromatic carbocycles. The Morgan fingerprint density at radius 3 is 2.12 bits per heavy atom. The standard InChI is InChI=1S/C27H31N2O.CO2/c1-5-28(6-2)21-14-16-23-25(18-21)30-26-19-22(29(7-3)8-4)15-17-24(26)27(23)20-12-10-9-11-13-20;2-1-3/h9-19H,5-8H2,1-4H3;/q+1;. The summed E-state index contributed by atoms with van der Waals surface area (Å²) >= 11 is 0. The number of hydrogen-bond acceptors (Lipinski definition) is 4. The zero-order chi connectivity index (χ0) is 23.8. The predicted octanol–water partition coefficient (Wildman–Crippen LogP) is 5.28. The molecule has 0 bridgehead atoms.